The first-order valence-corrected chi connectivity index (χ1v) is 53.1. The van der Waals surface area contributed by atoms with E-state index in [0.717, 1.165) is 161 Å². The first-order valence-electron chi connectivity index (χ1n) is 42.4. The maximum atomic E-state index is 15.1. The van der Waals surface area contributed by atoms with Crippen LogP contribution in [0.1, 0.15) is 85.9 Å². The highest BCUT2D eigenvalue weighted by Crippen LogP contribution is 2.41. The highest BCUT2D eigenvalue weighted by Gasteiger charge is 2.42. The van der Waals surface area contributed by atoms with E-state index in [-0.39, 0.29) is 116 Å². The Kier molecular flexibility index (Phi) is 29.0. The molecule has 20 rings (SSSR count). The summed E-state index contributed by atoms with van der Waals surface area (Å²) in [4.78, 5) is 166. The fourth-order valence-electron chi connectivity index (χ4n) is 16.1. The Hall–Kier alpha value is -14.6. The number of nitrogens with zero attached hydrogens (tertiary/aromatic N) is 7. The highest BCUT2D eigenvalue weighted by molar-refractivity contribution is 7.93. The molecule has 8 aliphatic heterocycles. The Bertz CT molecular complexity index is 8000. The summed E-state index contributed by atoms with van der Waals surface area (Å²) in [5.74, 6) is -7.65. The molecule has 145 heavy (non-hydrogen) atoms. The number of ether oxygens (including phenoxy) is 1. The van der Waals surface area contributed by atoms with E-state index in [1.54, 1.807) is 73.5 Å². The fourth-order valence-corrected chi connectivity index (χ4v) is 25.7. The van der Waals surface area contributed by atoms with E-state index in [1.807, 2.05) is 11.9 Å². The van der Waals surface area contributed by atoms with Gasteiger partial charge in [-0.1, -0.05) is 52.5 Å². The van der Waals surface area contributed by atoms with Crippen LogP contribution in [0, 0.1) is 23.3 Å². The van der Waals surface area contributed by atoms with Crippen molar-refractivity contribution in [1.82, 2.24) is 23.8 Å². The number of amidine groups is 1. The second-order valence-corrected chi connectivity index (χ2v) is 46.5. The first kappa shape index (κ1) is 102. The van der Waals surface area contributed by atoms with E-state index in [9.17, 15) is 100.0 Å². The second-order valence-electron chi connectivity index (χ2n) is 32.0. The quantitative estimate of drug-likeness (QED) is 0.0282. The predicted octanol–water partition coefficient (Wildman–Crippen LogP) is 14.5. The number of hydrogen-bond donors (Lipinski definition) is 10. The van der Waals surface area contributed by atoms with Gasteiger partial charge in [-0.2, -0.15) is 0 Å². The number of sulfonamides is 4. The van der Waals surface area contributed by atoms with Gasteiger partial charge in [-0.3, -0.25) is 43.3 Å². The zero-order valence-electron chi connectivity index (χ0n) is 73.8. The monoisotopic (exact) mass is 2210 g/mol. The number of aliphatic imine (C=N–C) groups is 2. The number of likely N-dealkylation sites (N-methyl/N-ethyl adjacent to an activating group) is 1. The average molecular weight is 2210 g/mol. The van der Waals surface area contributed by atoms with Crippen LogP contribution >= 0.6 is 91.8 Å². The summed E-state index contributed by atoms with van der Waals surface area (Å²) in [6, 6.07) is 36.0. The number of amides is 16. The summed E-state index contributed by atoms with van der Waals surface area (Å²) in [6.07, 6.45) is 1.08. The Labute approximate surface area is 855 Å². The molecule has 0 bridgehead atoms. The second kappa shape index (κ2) is 41.3. The Morgan fingerprint density at radius 2 is 0.717 bits per heavy atom. The molecular weight excluding hydrogens is 2140 g/mol. The molecule has 0 fully saturated rings. The number of imide groups is 4. The Morgan fingerprint density at radius 1 is 0.366 bits per heavy atom. The van der Waals surface area contributed by atoms with Crippen LogP contribution < -0.4 is 70.4 Å². The van der Waals surface area contributed by atoms with E-state index in [0.29, 0.717) is 71.0 Å². The van der Waals surface area contributed by atoms with Crippen LogP contribution in [0.4, 0.5) is 93.6 Å². The van der Waals surface area contributed by atoms with Crippen molar-refractivity contribution in [3.05, 3.63) is 289 Å². The van der Waals surface area contributed by atoms with Crippen LogP contribution in [0.5, 0.6) is 0 Å². The molecule has 4 aromatic heterocycles. The van der Waals surface area contributed by atoms with Crippen molar-refractivity contribution in [3.63, 3.8) is 0 Å². The zero-order chi connectivity index (χ0) is 103. The van der Waals surface area contributed by atoms with Crippen molar-refractivity contribution in [2.75, 3.05) is 97.9 Å². The van der Waals surface area contributed by atoms with Gasteiger partial charge in [0.1, 0.15) is 52.5 Å². The lowest BCUT2D eigenvalue weighted by Crippen LogP contribution is -2.43. The fraction of sp³-hybridized carbons (Fsp3) is 0.143. The van der Waals surface area contributed by atoms with Gasteiger partial charge in [0.2, 0.25) is 29.5 Å². The average Bonchev–Trinajstić information content (AvgIpc) is 1.69. The number of anilines is 10. The van der Waals surface area contributed by atoms with E-state index in [1.165, 1.54) is 91.0 Å². The third kappa shape index (κ3) is 21.9. The molecule has 0 atom stereocenters. The topological polar surface area (TPSA) is 512 Å². The molecule has 0 aliphatic carbocycles. The van der Waals surface area contributed by atoms with Gasteiger partial charge in [0.25, 0.3) is 63.7 Å². The molecule has 54 heteroatoms. The minimum atomic E-state index is -4.18. The summed E-state index contributed by atoms with van der Waals surface area (Å²) in [6.45, 7) is 3.90. The molecule has 8 aliphatic rings. The Balaban J connectivity index is 0.000000132. The standard InChI is InChI=1S/C24H19ClFN5O5S2.C23H16ClFN4O6S2.2C22H16ClFN4O5S2/c1-30-9-8-27-22(30)13-2-4-16-14(10-13)11-20(32)31(23(16)33)18-5-3-15(12-17(18)26)28-24(34)29-38(35,36)21-7-6-19(25)37-21;24-18-5-6-20(36-18)37(33,34)28-23(32)27-14-2-4-17(16(25)11-14)29-19(30)10-13-9-12(21-26-7-8-35-21)1-3-15(13)22(29)31;23-18-5-6-20(34-18)35(32,33)27-22(31)26-11-1-4-17(15(24)9-11)28-19(29)10-14-12-7-8-25-16(12)3-2-13(14)21(28)30;23-18-3-4-20(34-18)35(32,33)27-22(31)26-13-1-2-17(15(24)10-13)28-19(29)9-12-8-16-11(5-6-25-16)7-14(12)21(28)30/h2-7,10,12H,8-9,11H2,1H3,(H2,28,29,34);1-6,9,11H,7-8,10H2,(H2,27,28,32);1-6,9,25H,7-8,10H2,(H2,26,27,31);1-4,7-8,10,25H,5-6,9H2,(H2,26,27,31). The summed E-state index contributed by atoms with van der Waals surface area (Å²) in [5, 5.41) is 15.3. The molecule has 746 valence electrons. The molecule has 0 saturated carbocycles. The van der Waals surface area contributed by atoms with Gasteiger partial charge in [0.05, 0.1) is 78.9 Å². The first-order chi connectivity index (χ1) is 68.9. The lowest BCUT2D eigenvalue weighted by Gasteiger charge is -2.28. The lowest BCUT2D eigenvalue weighted by molar-refractivity contribution is -0.118. The van der Waals surface area contributed by atoms with Gasteiger partial charge in [-0.15, -0.1) is 45.3 Å². The molecule has 38 nitrogen and oxygen atoms in total. The lowest BCUT2D eigenvalue weighted by atomic mass is 9.91. The zero-order valence-corrected chi connectivity index (χ0v) is 83.4. The highest BCUT2D eigenvalue weighted by atomic mass is 35.5. The van der Waals surface area contributed by atoms with Gasteiger partial charge in [-0.25, -0.2) is 114 Å². The van der Waals surface area contributed by atoms with Crippen LogP contribution in [0.2, 0.25) is 17.3 Å². The molecule has 0 saturated heterocycles. The van der Waals surface area contributed by atoms with Gasteiger partial charge >= 0.3 is 24.1 Å². The number of thiophene rings is 4. The van der Waals surface area contributed by atoms with Crippen LogP contribution in [0.3, 0.4) is 0 Å². The largest absolute Gasteiger partial charge is 0.476 e. The molecule has 16 amide bonds. The van der Waals surface area contributed by atoms with Crippen molar-refractivity contribution >= 4 is 272 Å². The minimum absolute atomic E-state index is 0.0433. The molecule has 0 spiro atoms. The number of benzene rings is 8. The molecular formula is C91H67Cl4F4N17O21S8. The van der Waals surface area contributed by atoms with E-state index >= 15 is 8.78 Å². The molecule has 8 aromatic carbocycles. The normalized spacial score (nSPS) is 15.1. The minimum Gasteiger partial charge on any atom is -0.476 e. The molecule has 10 N–H and O–H groups in total. The number of hydrogen-bond acceptors (Lipinski definition) is 30. The number of nitrogens with one attached hydrogen (secondary N) is 10. The number of urea groups is 4. The summed E-state index contributed by atoms with van der Waals surface area (Å²) in [7, 11) is -14.8. The molecule has 0 radical (unpaired) electrons. The SMILES string of the molecule is CN1CCN=C1c1ccc2c(c1)CC(=O)N(c1ccc(NC(=O)NS(=O)(=O)c3ccc(Cl)s3)cc1F)C2=O.O=C(Nc1ccc(N2C(=O)Cc3c(ccc4c3CCN4)C2=O)c(F)c1)NS(=O)(=O)c1ccc(Cl)s1.O=C(Nc1ccc(N2C(=O)Cc3cc(C4=NCCO4)ccc3C2=O)c(F)c1)NS(=O)(=O)c1ccc(Cl)s1.O=C(Nc1ccc(N2C(=O)Cc3cc4c(cc3C2=O)CCN4)c(F)c1)NS(=O)(=O)c1ccc(Cl)s1. The van der Waals surface area contributed by atoms with Crippen molar-refractivity contribution in [2.24, 2.45) is 9.98 Å². The van der Waals surface area contributed by atoms with Crippen LogP contribution in [-0.4, -0.2) is 168 Å². The number of fused-ring (bicyclic) bond motifs is 7. The van der Waals surface area contributed by atoms with Crippen molar-refractivity contribution in [3.8, 4) is 0 Å². The Morgan fingerprint density at radius 3 is 1.08 bits per heavy atom. The van der Waals surface area contributed by atoms with Crippen molar-refractivity contribution in [1.29, 1.82) is 0 Å². The van der Waals surface area contributed by atoms with Crippen LogP contribution in [-0.2, 0) is 103 Å². The van der Waals surface area contributed by atoms with E-state index in [4.69, 9.17) is 51.1 Å². The number of rotatable bonds is 18. The van der Waals surface area contributed by atoms with E-state index < -0.39 is 135 Å². The molecule has 12 aromatic rings. The maximum Gasteiger partial charge on any atom is 0.333 e. The summed E-state index contributed by atoms with van der Waals surface area (Å²) < 4.78 is 171. The van der Waals surface area contributed by atoms with Gasteiger partial charge in [0.15, 0.2) is 0 Å². The third-order valence-electron chi connectivity index (χ3n) is 22.6. The van der Waals surface area contributed by atoms with Gasteiger partial charge in [0, 0.05) is 94.2 Å². The van der Waals surface area contributed by atoms with Crippen molar-refractivity contribution in [2.45, 2.75) is 55.4 Å². The molecule has 12 heterocycles. The number of halogens is 8. The van der Waals surface area contributed by atoms with Crippen LogP contribution in [0.25, 0.3) is 0 Å². The molecule has 0 unspecified atom stereocenters. The smallest absolute Gasteiger partial charge is 0.333 e. The van der Waals surface area contributed by atoms with Crippen molar-refractivity contribution < 1.29 is 114 Å². The summed E-state index contributed by atoms with van der Waals surface area (Å²) >= 11 is 26.0. The summed E-state index contributed by atoms with van der Waals surface area (Å²) in [5.41, 5.74) is 7.05. The van der Waals surface area contributed by atoms with Gasteiger partial charge < -0.3 is 41.5 Å². The van der Waals surface area contributed by atoms with E-state index in [2.05, 4.69) is 41.9 Å². The van der Waals surface area contributed by atoms with Gasteiger partial charge in [-0.05, 0) is 222 Å². The number of carbonyl (C=O) groups excluding carboxylic acids is 12. The van der Waals surface area contributed by atoms with Crippen LogP contribution in [0.15, 0.2) is 209 Å². The number of carbonyl (C=O) groups is 12. The third-order valence-corrected chi connectivity index (χ3v) is 34.8. The predicted molar refractivity (Wildman–Crippen MR) is 534 cm³/mol. The maximum absolute atomic E-state index is 15.1.